The van der Waals surface area contributed by atoms with Crippen LogP contribution in [0.25, 0.3) is 10.9 Å². The number of halogens is 1. The van der Waals surface area contributed by atoms with Crippen LogP contribution in [0.5, 0.6) is 11.6 Å². The molecule has 0 aliphatic carbocycles. The highest BCUT2D eigenvalue weighted by Gasteiger charge is 2.13. The van der Waals surface area contributed by atoms with E-state index in [4.69, 9.17) is 16.3 Å². The number of aryl methyl sites for hydroxylation is 1. The Morgan fingerprint density at radius 1 is 1.12 bits per heavy atom. The lowest BCUT2D eigenvalue weighted by molar-refractivity contribution is 0.467. The van der Waals surface area contributed by atoms with Crippen LogP contribution < -0.4 is 4.74 Å². The van der Waals surface area contributed by atoms with E-state index in [1.165, 1.54) is 18.5 Å². The molecule has 7 heteroatoms. The molecule has 0 unspecified atom stereocenters. The van der Waals surface area contributed by atoms with Gasteiger partial charge in [0.2, 0.25) is 5.88 Å². The summed E-state index contributed by atoms with van der Waals surface area (Å²) in [6.07, 6.45) is 3.32. The molecule has 0 bridgehead atoms. The fourth-order valence-electron chi connectivity index (χ4n) is 2.32. The van der Waals surface area contributed by atoms with Crippen LogP contribution in [0.1, 0.15) is 12.5 Å². The number of hydrogen-bond acceptors (Lipinski definition) is 5. The second-order valence-electron chi connectivity index (χ2n) is 5.34. The first kappa shape index (κ1) is 16.7. The molecule has 1 aromatic heterocycles. The van der Waals surface area contributed by atoms with Crippen molar-refractivity contribution in [2.45, 2.75) is 18.2 Å². The molecule has 0 saturated heterocycles. The molecule has 0 fully saturated rings. The van der Waals surface area contributed by atoms with Crippen LogP contribution in [0.2, 0.25) is 5.02 Å². The van der Waals surface area contributed by atoms with Crippen LogP contribution in [0.3, 0.4) is 0 Å². The maximum absolute atomic E-state index is 11.8. The molecule has 124 valence electrons. The van der Waals surface area contributed by atoms with Crippen molar-refractivity contribution >= 4 is 32.3 Å². The average molecular weight is 363 g/mol. The molecule has 0 saturated carbocycles. The molecule has 1 heterocycles. The molecule has 0 aliphatic rings. The zero-order valence-corrected chi connectivity index (χ0v) is 14.7. The Kier molecular flexibility index (Phi) is 4.43. The van der Waals surface area contributed by atoms with Gasteiger partial charge in [-0.25, -0.2) is 18.4 Å². The molecule has 0 aliphatic heterocycles. The molecule has 0 radical (unpaired) electrons. The van der Waals surface area contributed by atoms with Crippen molar-refractivity contribution in [2.24, 2.45) is 0 Å². The van der Waals surface area contributed by atoms with Crippen molar-refractivity contribution in [3.63, 3.8) is 0 Å². The minimum absolute atomic E-state index is 0.194. The first-order valence-electron chi connectivity index (χ1n) is 7.29. The number of rotatable bonds is 4. The minimum atomic E-state index is -3.33. The van der Waals surface area contributed by atoms with Crippen LogP contribution in [0.15, 0.2) is 47.6 Å². The van der Waals surface area contributed by atoms with Crippen molar-refractivity contribution in [1.29, 1.82) is 0 Å². The summed E-state index contributed by atoms with van der Waals surface area (Å²) in [5, 5.41) is 1.21. The lowest BCUT2D eigenvalue weighted by atomic mass is 10.1. The number of aromatic nitrogens is 2. The summed E-state index contributed by atoms with van der Waals surface area (Å²) in [5.41, 5.74) is 1.57. The maximum Gasteiger partial charge on any atom is 0.230 e. The quantitative estimate of drug-likeness (QED) is 0.700. The molecule has 3 rings (SSSR count). The van der Waals surface area contributed by atoms with Gasteiger partial charge < -0.3 is 4.74 Å². The lowest BCUT2D eigenvalue weighted by Gasteiger charge is -2.10. The molecular formula is C17H15ClN2O3S. The van der Waals surface area contributed by atoms with Crippen molar-refractivity contribution in [3.05, 3.63) is 53.3 Å². The van der Waals surface area contributed by atoms with Gasteiger partial charge in [-0.1, -0.05) is 18.5 Å². The van der Waals surface area contributed by atoms with E-state index in [0.29, 0.717) is 27.6 Å². The number of sulfone groups is 1. The largest absolute Gasteiger partial charge is 0.438 e. The molecular weight excluding hydrogens is 348 g/mol. The van der Waals surface area contributed by atoms with Crippen LogP contribution >= 0.6 is 11.6 Å². The number of ether oxygens (including phenoxy) is 1. The second-order valence-corrected chi connectivity index (χ2v) is 7.76. The summed E-state index contributed by atoms with van der Waals surface area (Å²) >= 11 is 6.12. The monoisotopic (exact) mass is 362 g/mol. The van der Waals surface area contributed by atoms with Crippen molar-refractivity contribution in [2.75, 3.05) is 6.26 Å². The summed E-state index contributed by atoms with van der Waals surface area (Å²) in [5.74, 6) is 0.885. The first-order valence-corrected chi connectivity index (χ1v) is 9.56. The fraction of sp³-hybridized carbons (Fsp3) is 0.176. The summed E-state index contributed by atoms with van der Waals surface area (Å²) < 4.78 is 29.4. The molecule has 3 aromatic rings. The maximum atomic E-state index is 11.8. The van der Waals surface area contributed by atoms with E-state index in [-0.39, 0.29) is 4.90 Å². The molecule has 0 spiro atoms. The summed E-state index contributed by atoms with van der Waals surface area (Å²) in [6.45, 7) is 2.00. The van der Waals surface area contributed by atoms with Crippen LogP contribution in [-0.2, 0) is 16.3 Å². The Morgan fingerprint density at radius 3 is 2.62 bits per heavy atom. The van der Waals surface area contributed by atoms with Gasteiger partial charge in [0.15, 0.2) is 9.84 Å². The Morgan fingerprint density at radius 2 is 1.92 bits per heavy atom. The van der Waals surface area contributed by atoms with Gasteiger partial charge in [0.05, 0.1) is 15.8 Å². The van der Waals surface area contributed by atoms with E-state index in [0.717, 1.165) is 18.2 Å². The van der Waals surface area contributed by atoms with E-state index in [1.807, 2.05) is 13.0 Å². The molecule has 24 heavy (non-hydrogen) atoms. The van der Waals surface area contributed by atoms with Gasteiger partial charge in [0.25, 0.3) is 0 Å². The first-order chi connectivity index (χ1) is 11.4. The predicted molar refractivity (Wildman–Crippen MR) is 93.6 cm³/mol. The van der Waals surface area contributed by atoms with Gasteiger partial charge in [0, 0.05) is 11.3 Å². The Labute approximate surface area is 145 Å². The number of nitrogens with zero attached hydrogens (tertiary/aromatic N) is 2. The molecule has 2 aromatic carbocycles. The summed E-state index contributed by atoms with van der Waals surface area (Å²) in [6, 6.07) is 10.0. The van der Waals surface area contributed by atoms with Gasteiger partial charge in [-0.05, 0) is 48.4 Å². The normalized spacial score (nSPS) is 11.6. The lowest BCUT2D eigenvalue weighted by Crippen LogP contribution is -1.98. The van der Waals surface area contributed by atoms with Gasteiger partial charge in [0.1, 0.15) is 12.1 Å². The molecule has 0 N–H and O–H groups in total. The van der Waals surface area contributed by atoms with Crippen LogP contribution in [0, 0.1) is 0 Å². The van der Waals surface area contributed by atoms with E-state index >= 15 is 0 Å². The number of hydrogen-bond donors (Lipinski definition) is 0. The SMILES string of the molecule is CCc1cc(Oc2ncnc3ccc(S(C)(=O)=O)cc23)ccc1Cl. The highest BCUT2D eigenvalue weighted by Crippen LogP contribution is 2.30. The van der Waals surface area contributed by atoms with Gasteiger partial charge >= 0.3 is 0 Å². The standard InChI is InChI=1S/C17H15ClN2O3S/c1-3-11-8-12(4-6-15(11)18)23-17-14-9-13(24(2,21)22)5-7-16(14)19-10-20-17/h4-10H,3H2,1-2H3. The van der Waals surface area contributed by atoms with Crippen LogP contribution in [0.4, 0.5) is 0 Å². The molecule has 0 amide bonds. The van der Waals surface area contributed by atoms with Crippen molar-refractivity contribution < 1.29 is 13.2 Å². The Bertz CT molecular complexity index is 1020. The third-order valence-corrected chi connectivity index (χ3v) is 5.09. The highest BCUT2D eigenvalue weighted by atomic mass is 35.5. The van der Waals surface area contributed by atoms with Crippen molar-refractivity contribution in [1.82, 2.24) is 9.97 Å². The van der Waals surface area contributed by atoms with E-state index in [1.54, 1.807) is 18.2 Å². The Hall–Kier alpha value is -2.18. The zero-order chi connectivity index (χ0) is 17.3. The van der Waals surface area contributed by atoms with Gasteiger partial charge in [-0.15, -0.1) is 0 Å². The number of benzene rings is 2. The topological polar surface area (TPSA) is 69.2 Å². The minimum Gasteiger partial charge on any atom is -0.438 e. The Balaban J connectivity index is 2.09. The third-order valence-electron chi connectivity index (χ3n) is 3.61. The molecule has 5 nitrogen and oxygen atoms in total. The van der Waals surface area contributed by atoms with Crippen molar-refractivity contribution in [3.8, 4) is 11.6 Å². The average Bonchev–Trinajstić information content (AvgIpc) is 2.55. The summed E-state index contributed by atoms with van der Waals surface area (Å²) in [4.78, 5) is 8.48. The van der Waals surface area contributed by atoms with E-state index < -0.39 is 9.84 Å². The van der Waals surface area contributed by atoms with E-state index in [2.05, 4.69) is 9.97 Å². The zero-order valence-electron chi connectivity index (χ0n) is 13.2. The predicted octanol–water partition coefficient (Wildman–Crippen LogP) is 4.04. The highest BCUT2D eigenvalue weighted by molar-refractivity contribution is 7.90. The fourth-order valence-corrected chi connectivity index (χ4v) is 3.22. The van der Waals surface area contributed by atoms with Gasteiger partial charge in [-0.3, -0.25) is 0 Å². The van der Waals surface area contributed by atoms with Gasteiger partial charge in [-0.2, -0.15) is 0 Å². The van der Waals surface area contributed by atoms with E-state index in [9.17, 15) is 8.42 Å². The van der Waals surface area contributed by atoms with Crippen LogP contribution in [-0.4, -0.2) is 24.6 Å². The number of fused-ring (bicyclic) bond motifs is 1. The third kappa shape index (κ3) is 3.34. The summed E-state index contributed by atoms with van der Waals surface area (Å²) in [7, 11) is -3.33. The second kappa shape index (κ2) is 6.37. The molecule has 0 atom stereocenters. The smallest absolute Gasteiger partial charge is 0.230 e.